The van der Waals surface area contributed by atoms with Crippen molar-refractivity contribution in [2.45, 2.75) is 26.2 Å². The van der Waals surface area contributed by atoms with E-state index in [-0.39, 0.29) is 5.91 Å². The Morgan fingerprint density at radius 1 is 1.17 bits per heavy atom. The molecule has 2 aromatic rings. The fraction of sp³-hybridized carbons (Fsp3) is 0.389. The fourth-order valence-electron chi connectivity index (χ4n) is 2.85. The van der Waals surface area contributed by atoms with Gasteiger partial charge in [0.25, 0.3) is 5.91 Å². The standard InChI is InChI=1S/C18H22N4O2/c1-13-19-16(18(23)22-9-4-3-5-10-22)12-17(20-13)21-14-7-6-8-15(11-14)24-2/h6-8,11-12H,3-5,9-10H2,1-2H3,(H,19,20,21). The number of nitrogens with one attached hydrogen (secondary N) is 1. The molecular formula is C18H22N4O2. The summed E-state index contributed by atoms with van der Waals surface area (Å²) in [7, 11) is 1.63. The number of hydrogen-bond donors (Lipinski definition) is 1. The van der Waals surface area contributed by atoms with E-state index in [1.807, 2.05) is 29.2 Å². The minimum absolute atomic E-state index is 0.0195. The largest absolute Gasteiger partial charge is 0.497 e. The lowest BCUT2D eigenvalue weighted by atomic mass is 10.1. The molecule has 0 aliphatic carbocycles. The fourth-order valence-corrected chi connectivity index (χ4v) is 2.85. The number of aromatic nitrogens is 2. The maximum atomic E-state index is 12.6. The Bertz CT molecular complexity index is 727. The topological polar surface area (TPSA) is 67.3 Å². The number of likely N-dealkylation sites (tertiary alicyclic amines) is 1. The number of carbonyl (C=O) groups excluding carboxylic acids is 1. The zero-order chi connectivity index (χ0) is 16.9. The molecule has 1 saturated heterocycles. The summed E-state index contributed by atoms with van der Waals surface area (Å²) in [4.78, 5) is 23.2. The molecule has 6 heteroatoms. The van der Waals surface area contributed by atoms with E-state index in [1.54, 1.807) is 20.1 Å². The van der Waals surface area contributed by atoms with E-state index < -0.39 is 0 Å². The second kappa shape index (κ2) is 7.29. The molecule has 1 fully saturated rings. The number of piperidine rings is 1. The van der Waals surface area contributed by atoms with Crippen LogP contribution in [-0.2, 0) is 0 Å². The summed E-state index contributed by atoms with van der Waals surface area (Å²) in [5.74, 6) is 1.92. The molecule has 1 aromatic heterocycles. The van der Waals surface area contributed by atoms with Gasteiger partial charge in [-0.1, -0.05) is 6.07 Å². The zero-order valence-corrected chi connectivity index (χ0v) is 14.1. The first-order valence-corrected chi connectivity index (χ1v) is 8.22. The number of carbonyl (C=O) groups is 1. The Morgan fingerprint density at radius 2 is 1.96 bits per heavy atom. The number of anilines is 2. The van der Waals surface area contributed by atoms with Gasteiger partial charge in [-0.15, -0.1) is 0 Å². The molecule has 0 spiro atoms. The molecular weight excluding hydrogens is 304 g/mol. The SMILES string of the molecule is COc1cccc(Nc2cc(C(=O)N3CCCCC3)nc(C)n2)c1. The zero-order valence-electron chi connectivity index (χ0n) is 14.1. The van der Waals surface area contributed by atoms with Crippen LogP contribution >= 0.6 is 0 Å². The molecule has 0 radical (unpaired) electrons. The molecule has 1 aliphatic rings. The summed E-state index contributed by atoms with van der Waals surface area (Å²) in [5.41, 5.74) is 1.29. The number of rotatable bonds is 4. The third-order valence-electron chi connectivity index (χ3n) is 4.04. The van der Waals surface area contributed by atoms with Crippen molar-refractivity contribution < 1.29 is 9.53 Å². The van der Waals surface area contributed by atoms with E-state index in [1.165, 1.54) is 6.42 Å². The molecule has 0 saturated carbocycles. The van der Waals surface area contributed by atoms with E-state index in [0.29, 0.717) is 17.3 Å². The van der Waals surface area contributed by atoms with Crippen LogP contribution in [0.15, 0.2) is 30.3 Å². The van der Waals surface area contributed by atoms with Crippen LogP contribution in [0.4, 0.5) is 11.5 Å². The van der Waals surface area contributed by atoms with Gasteiger partial charge in [-0.3, -0.25) is 4.79 Å². The van der Waals surface area contributed by atoms with Crippen molar-refractivity contribution in [3.63, 3.8) is 0 Å². The van der Waals surface area contributed by atoms with Crippen LogP contribution in [0, 0.1) is 6.92 Å². The van der Waals surface area contributed by atoms with E-state index >= 15 is 0 Å². The summed E-state index contributed by atoms with van der Waals surface area (Å²) in [5, 5.41) is 3.22. The number of benzene rings is 1. The van der Waals surface area contributed by atoms with Gasteiger partial charge in [-0.25, -0.2) is 9.97 Å². The first kappa shape index (κ1) is 16.2. The molecule has 0 unspecified atom stereocenters. The van der Waals surface area contributed by atoms with Crippen LogP contribution < -0.4 is 10.1 Å². The Morgan fingerprint density at radius 3 is 2.71 bits per heavy atom. The number of ether oxygens (including phenoxy) is 1. The molecule has 24 heavy (non-hydrogen) atoms. The Kier molecular flexibility index (Phi) is 4.93. The van der Waals surface area contributed by atoms with E-state index in [4.69, 9.17) is 4.74 Å². The van der Waals surface area contributed by atoms with Crippen LogP contribution in [0.5, 0.6) is 5.75 Å². The second-order valence-electron chi connectivity index (χ2n) is 5.90. The maximum Gasteiger partial charge on any atom is 0.272 e. The molecule has 6 nitrogen and oxygen atoms in total. The monoisotopic (exact) mass is 326 g/mol. The Labute approximate surface area is 141 Å². The molecule has 1 aliphatic heterocycles. The molecule has 1 aromatic carbocycles. The van der Waals surface area contributed by atoms with E-state index in [2.05, 4.69) is 15.3 Å². The molecule has 126 valence electrons. The van der Waals surface area contributed by atoms with Crippen LogP contribution in [0.2, 0.25) is 0 Å². The number of amides is 1. The van der Waals surface area contributed by atoms with Crippen molar-refractivity contribution in [1.29, 1.82) is 0 Å². The lowest BCUT2D eigenvalue weighted by molar-refractivity contribution is 0.0718. The first-order chi connectivity index (χ1) is 11.7. The highest BCUT2D eigenvalue weighted by Crippen LogP contribution is 2.21. The van der Waals surface area contributed by atoms with Crippen molar-refractivity contribution in [1.82, 2.24) is 14.9 Å². The third-order valence-corrected chi connectivity index (χ3v) is 4.04. The average Bonchev–Trinajstić information content (AvgIpc) is 2.61. The lowest BCUT2D eigenvalue weighted by Gasteiger charge is -2.26. The summed E-state index contributed by atoms with van der Waals surface area (Å²) in [6.45, 7) is 3.41. The summed E-state index contributed by atoms with van der Waals surface area (Å²) < 4.78 is 5.22. The van der Waals surface area contributed by atoms with Crippen molar-refractivity contribution in [2.75, 3.05) is 25.5 Å². The maximum absolute atomic E-state index is 12.6. The second-order valence-corrected chi connectivity index (χ2v) is 5.90. The normalized spacial score (nSPS) is 14.3. The molecule has 2 heterocycles. The predicted molar refractivity (Wildman–Crippen MR) is 92.8 cm³/mol. The number of aryl methyl sites for hydroxylation is 1. The summed E-state index contributed by atoms with van der Waals surface area (Å²) >= 11 is 0. The smallest absolute Gasteiger partial charge is 0.272 e. The third kappa shape index (κ3) is 3.82. The highest BCUT2D eigenvalue weighted by atomic mass is 16.5. The van der Waals surface area contributed by atoms with Gasteiger partial charge in [-0.2, -0.15) is 0 Å². The number of methoxy groups -OCH3 is 1. The minimum Gasteiger partial charge on any atom is -0.497 e. The van der Waals surface area contributed by atoms with Crippen LogP contribution in [0.25, 0.3) is 0 Å². The van der Waals surface area contributed by atoms with Gasteiger partial charge in [-0.05, 0) is 38.3 Å². The lowest BCUT2D eigenvalue weighted by Crippen LogP contribution is -2.36. The predicted octanol–water partition coefficient (Wildman–Crippen LogP) is 3.16. The molecule has 0 bridgehead atoms. The first-order valence-electron chi connectivity index (χ1n) is 8.22. The minimum atomic E-state index is -0.0195. The number of nitrogens with zero attached hydrogens (tertiary/aromatic N) is 3. The van der Waals surface area contributed by atoms with Gasteiger partial charge in [0.1, 0.15) is 23.1 Å². The Hall–Kier alpha value is -2.63. The van der Waals surface area contributed by atoms with E-state index in [0.717, 1.165) is 37.4 Å². The van der Waals surface area contributed by atoms with Crippen molar-refractivity contribution in [3.8, 4) is 5.75 Å². The Balaban J connectivity index is 1.81. The quantitative estimate of drug-likeness (QED) is 0.935. The van der Waals surface area contributed by atoms with Crippen LogP contribution in [-0.4, -0.2) is 41.0 Å². The van der Waals surface area contributed by atoms with Gasteiger partial charge in [0, 0.05) is 30.9 Å². The van der Waals surface area contributed by atoms with Crippen LogP contribution in [0.1, 0.15) is 35.6 Å². The number of hydrogen-bond acceptors (Lipinski definition) is 5. The van der Waals surface area contributed by atoms with Crippen molar-refractivity contribution in [3.05, 3.63) is 41.9 Å². The van der Waals surface area contributed by atoms with Crippen molar-refractivity contribution >= 4 is 17.4 Å². The van der Waals surface area contributed by atoms with Crippen LogP contribution in [0.3, 0.4) is 0 Å². The summed E-state index contributed by atoms with van der Waals surface area (Å²) in [6.07, 6.45) is 3.31. The molecule has 1 amide bonds. The van der Waals surface area contributed by atoms with Gasteiger partial charge < -0.3 is 15.0 Å². The van der Waals surface area contributed by atoms with Crippen molar-refractivity contribution in [2.24, 2.45) is 0 Å². The summed E-state index contributed by atoms with van der Waals surface area (Å²) in [6, 6.07) is 9.29. The van der Waals surface area contributed by atoms with Gasteiger partial charge in [0.15, 0.2) is 0 Å². The highest BCUT2D eigenvalue weighted by Gasteiger charge is 2.20. The molecule has 0 atom stereocenters. The molecule has 1 N–H and O–H groups in total. The molecule has 3 rings (SSSR count). The van der Waals surface area contributed by atoms with Gasteiger partial charge >= 0.3 is 0 Å². The van der Waals surface area contributed by atoms with Gasteiger partial charge in [0.2, 0.25) is 0 Å². The van der Waals surface area contributed by atoms with Gasteiger partial charge in [0.05, 0.1) is 7.11 Å². The average molecular weight is 326 g/mol. The highest BCUT2D eigenvalue weighted by molar-refractivity contribution is 5.93. The van der Waals surface area contributed by atoms with E-state index in [9.17, 15) is 4.79 Å².